The number of alkyl halides is 4. The van der Waals surface area contributed by atoms with Gasteiger partial charge in [-0.2, -0.15) is 13.2 Å². The first-order valence-electron chi connectivity index (χ1n) is 11.5. The molecule has 1 saturated carbocycles. The van der Waals surface area contributed by atoms with E-state index in [0.717, 1.165) is 5.69 Å². The summed E-state index contributed by atoms with van der Waals surface area (Å²) >= 11 is 0. The molecule has 0 amide bonds. The van der Waals surface area contributed by atoms with Crippen molar-refractivity contribution in [1.82, 2.24) is 29.3 Å². The zero-order chi connectivity index (χ0) is 24.0. The number of hydrogen-bond acceptors (Lipinski definition) is 5. The average molecular weight is 478 g/mol. The van der Waals surface area contributed by atoms with Gasteiger partial charge in [-0.25, -0.2) is 24.0 Å². The second-order valence-electron chi connectivity index (χ2n) is 9.11. The number of methoxy groups -OCH3 is 1. The third-order valence-electron chi connectivity index (χ3n) is 7.04. The molecule has 0 saturated heterocycles. The van der Waals surface area contributed by atoms with E-state index in [0.29, 0.717) is 49.5 Å². The van der Waals surface area contributed by atoms with Crippen molar-refractivity contribution in [3.8, 4) is 23.1 Å². The van der Waals surface area contributed by atoms with Gasteiger partial charge < -0.3 is 9.30 Å². The Kier molecular flexibility index (Phi) is 5.81. The number of rotatable bonds is 4. The second-order valence-corrected chi connectivity index (χ2v) is 9.11. The molecule has 2 unspecified atom stereocenters. The molecule has 3 aromatic rings. The molecule has 0 aromatic carbocycles. The molecular formula is C23H26F4N6O. The third kappa shape index (κ3) is 4.05. The van der Waals surface area contributed by atoms with Crippen LogP contribution in [0.5, 0.6) is 5.88 Å². The van der Waals surface area contributed by atoms with Crippen LogP contribution < -0.4 is 4.74 Å². The molecule has 3 aromatic heterocycles. The first kappa shape index (κ1) is 22.8. The fraction of sp³-hybridized carbons (Fsp3) is 0.565. The number of hydrogen-bond donors (Lipinski definition) is 0. The van der Waals surface area contributed by atoms with Gasteiger partial charge in [-0.1, -0.05) is 12.8 Å². The van der Waals surface area contributed by atoms with E-state index in [-0.39, 0.29) is 18.1 Å². The Morgan fingerprint density at radius 2 is 1.85 bits per heavy atom. The van der Waals surface area contributed by atoms with Crippen LogP contribution >= 0.6 is 0 Å². The van der Waals surface area contributed by atoms with Crippen molar-refractivity contribution >= 4 is 0 Å². The van der Waals surface area contributed by atoms with Crippen LogP contribution in [0.15, 0.2) is 24.7 Å². The van der Waals surface area contributed by atoms with Crippen LogP contribution in [-0.2, 0) is 6.54 Å². The highest BCUT2D eigenvalue weighted by atomic mass is 19.4. The summed E-state index contributed by atoms with van der Waals surface area (Å²) in [5, 5.41) is 4.41. The molecule has 4 heterocycles. The number of imidazole rings is 1. The summed E-state index contributed by atoms with van der Waals surface area (Å²) in [7, 11) is 1.49. The van der Waals surface area contributed by atoms with E-state index in [1.165, 1.54) is 11.8 Å². The molecule has 1 aliphatic carbocycles. The summed E-state index contributed by atoms with van der Waals surface area (Å²) in [5.74, 6) is -2.27. The Morgan fingerprint density at radius 3 is 2.56 bits per heavy atom. The number of ether oxygens (including phenoxy) is 1. The van der Waals surface area contributed by atoms with Gasteiger partial charge in [0.25, 0.3) is 0 Å². The highest BCUT2D eigenvalue weighted by Crippen LogP contribution is 2.50. The zero-order valence-corrected chi connectivity index (χ0v) is 19.0. The molecule has 7 nitrogen and oxygen atoms in total. The summed E-state index contributed by atoms with van der Waals surface area (Å²) in [5.41, 5.74) is 1.91. The van der Waals surface area contributed by atoms with Crippen LogP contribution in [0.4, 0.5) is 17.6 Å². The van der Waals surface area contributed by atoms with E-state index in [1.807, 2.05) is 13.1 Å². The SMILES string of the molecule is COc1nc(-c2nc3n(n2)CC[C@@H](C2CCCCC2C(F)(F)F)[C@@H]3F)ccc1-n1cnc(C)c1. The molecule has 34 heavy (non-hydrogen) atoms. The van der Waals surface area contributed by atoms with Crippen LogP contribution in [-0.4, -0.2) is 42.6 Å². The molecule has 1 fully saturated rings. The zero-order valence-electron chi connectivity index (χ0n) is 19.0. The van der Waals surface area contributed by atoms with Gasteiger partial charge >= 0.3 is 6.18 Å². The van der Waals surface area contributed by atoms with E-state index in [1.54, 1.807) is 23.0 Å². The number of aromatic nitrogens is 6. The lowest BCUT2D eigenvalue weighted by Crippen LogP contribution is -2.40. The highest BCUT2D eigenvalue weighted by molar-refractivity contribution is 5.55. The van der Waals surface area contributed by atoms with E-state index in [4.69, 9.17) is 4.74 Å². The van der Waals surface area contributed by atoms with Crippen molar-refractivity contribution in [3.05, 3.63) is 36.2 Å². The summed E-state index contributed by atoms with van der Waals surface area (Å²) < 4.78 is 65.2. The van der Waals surface area contributed by atoms with Gasteiger partial charge in [0.15, 0.2) is 17.8 Å². The standard InChI is InChI=1S/C23H26F4N6O/c1-13-11-32(12-28-13)18-8-7-17(29-22(18)34-2)20-30-21-19(24)15(9-10-33(21)31-20)14-5-3-4-6-16(14)23(25,26)27/h7-8,11-12,14-16,19H,3-6,9-10H2,1-2H3/t14?,15-,16?,19-/m0/s1. The summed E-state index contributed by atoms with van der Waals surface area (Å²) in [6.07, 6.45) is -0.418. The molecule has 0 N–H and O–H groups in total. The first-order valence-corrected chi connectivity index (χ1v) is 11.5. The Morgan fingerprint density at radius 1 is 1.06 bits per heavy atom. The molecule has 182 valence electrons. The maximum absolute atomic E-state index is 15.6. The topological polar surface area (TPSA) is 70.7 Å². The van der Waals surface area contributed by atoms with E-state index in [9.17, 15) is 13.2 Å². The van der Waals surface area contributed by atoms with Gasteiger partial charge in [0, 0.05) is 18.7 Å². The largest absolute Gasteiger partial charge is 0.479 e. The van der Waals surface area contributed by atoms with Gasteiger partial charge in [0.2, 0.25) is 5.88 Å². The predicted octanol–water partition coefficient (Wildman–Crippen LogP) is 5.24. The molecule has 0 radical (unpaired) electrons. The maximum Gasteiger partial charge on any atom is 0.392 e. The Bertz CT molecular complexity index is 1170. The van der Waals surface area contributed by atoms with Gasteiger partial charge in [-0.15, -0.1) is 5.10 Å². The monoisotopic (exact) mass is 478 g/mol. The molecular weight excluding hydrogens is 452 g/mol. The second kappa shape index (κ2) is 8.66. The lowest BCUT2D eigenvalue weighted by molar-refractivity contribution is -0.205. The first-order chi connectivity index (χ1) is 16.3. The minimum absolute atomic E-state index is 0.0713. The lowest BCUT2D eigenvalue weighted by atomic mass is 9.69. The maximum atomic E-state index is 15.6. The van der Waals surface area contributed by atoms with E-state index < -0.39 is 30.1 Å². The number of aryl methyl sites for hydroxylation is 2. The molecule has 4 atom stereocenters. The van der Waals surface area contributed by atoms with E-state index >= 15 is 4.39 Å². The van der Waals surface area contributed by atoms with Gasteiger partial charge in [-0.05, 0) is 44.2 Å². The molecule has 0 bridgehead atoms. The Balaban J connectivity index is 1.43. The van der Waals surface area contributed by atoms with Crippen molar-refractivity contribution < 1.29 is 22.3 Å². The van der Waals surface area contributed by atoms with Crippen molar-refractivity contribution in [2.75, 3.05) is 7.11 Å². The molecule has 2 aliphatic rings. The molecule has 1 aliphatic heterocycles. The smallest absolute Gasteiger partial charge is 0.392 e. The normalized spacial score (nSPS) is 25.2. The Hall–Kier alpha value is -2.98. The van der Waals surface area contributed by atoms with Crippen molar-refractivity contribution in [2.24, 2.45) is 17.8 Å². The summed E-state index contributed by atoms with van der Waals surface area (Å²) in [6.45, 7) is 2.20. The predicted molar refractivity (Wildman–Crippen MR) is 115 cm³/mol. The molecule has 0 spiro atoms. The average Bonchev–Trinajstić information content (AvgIpc) is 3.45. The van der Waals surface area contributed by atoms with Gasteiger partial charge in [0.1, 0.15) is 11.4 Å². The number of nitrogens with zero attached hydrogens (tertiary/aromatic N) is 6. The third-order valence-corrected chi connectivity index (χ3v) is 7.04. The van der Waals surface area contributed by atoms with Gasteiger partial charge in [0.05, 0.1) is 25.0 Å². The van der Waals surface area contributed by atoms with Crippen LogP contribution in [0.3, 0.4) is 0 Å². The van der Waals surface area contributed by atoms with Crippen LogP contribution in [0.1, 0.15) is 49.8 Å². The molecule has 11 heteroatoms. The minimum Gasteiger partial charge on any atom is -0.479 e. The lowest BCUT2D eigenvalue weighted by Gasteiger charge is -2.40. The van der Waals surface area contributed by atoms with Crippen molar-refractivity contribution in [3.63, 3.8) is 0 Å². The summed E-state index contributed by atoms with van der Waals surface area (Å²) in [6, 6.07) is 3.49. The van der Waals surface area contributed by atoms with Crippen molar-refractivity contribution in [1.29, 1.82) is 0 Å². The van der Waals surface area contributed by atoms with Crippen molar-refractivity contribution in [2.45, 2.75) is 57.9 Å². The molecule has 5 rings (SSSR count). The van der Waals surface area contributed by atoms with Crippen LogP contribution in [0.25, 0.3) is 17.2 Å². The number of fused-ring (bicyclic) bond motifs is 1. The Labute approximate surface area is 194 Å². The fourth-order valence-corrected chi connectivity index (χ4v) is 5.41. The van der Waals surface area contributed by atoms with Crippen LogP contribution in [0.2, 0.25) is 0 Å². The summed E-state index contributed by atoms with van der Waals surface area (Å²) in [4.78, 5) is 13.1. The fourth-order valence-electron chi connectivity index (χ4n) is 5.41. The highest BCUT2D eigenvalue weighted by Gasteiger charge is 2.51. The number of pyridine rings is 1. The van der Waals surface area contributed by atoms with E-state index in [2.05, 4.69) is 20.1 Å². The minimum atomic E-state index is -4.31. The van der Waals surface area contributed by atoms with Gasteiger partial charge in [-0.3, -0.25) is 0 Å². The van der Waals surface area contributed by atoms with Crippen LogP contribution in [0, 0.1) is 24.7 Å². The number of halogens is 4. The quantitative estimate of drug-likeness (QED) is 0.480.